The van der Waals surface area contributed by atoms with Crippen LogP contribution in [0.15, 0.2) is 30.3 Å². The van der Waals surface area contributed by atoms with Crippen LogP contribution in [0.1, 0.15) is 22.0 Å². The van der Waals surface area contributed by atoms with Crippen LogP contribution >= 0.6 is 0 Å². The third-order valence-corrected chi connectivity index (χ3v) is 5.76. The SMILES string of the molecule is COc1cc([C@H]2Oc3cc(O)cc(O)c3C(=O)[C@@H]2O[C@@H]2O[C@H](CO)[C@@H](O)[C@H](O)[C@H]2O)ccc1O. The molecular weight excluding hydrogens is 456 g/mol. The third-order valence-electron chi connectivity index (χ3n) is 5.76. The van der Waals surface area contributed by atoms with Crippen LogP contribution in [0.25, 0.3) is 0 Å². The van der Waals surface area contributed by atoms with E-state index in [2.05, 4.69) is 0 Å². The van der Waals surface area contributed by atoms with Crippen molar-refractivity contribution >= 4 is 5.78 Å². The number of Topliss-reactive ketones (excluding diaryl/α,β-unsaturated/α-hetero) is 1. The number of hydrogen-bond donors (Lipinski definition) is 7. The largest absolute Gasteiger partial charge is 0.508 e. The number of phenols is 3. The molecular formula is C22H24O12. The van der Waals surface area contributed by atoms with Gasteiger partial charge in [0.2, 0.25) is 5.78 Å². The van der Waals surface area contributed by atoms with Crippen LogP contribution in [0.2, 0.25) is 0 Å². The van der Waals surface area contributed by atoms with E-state index in [4.69, 9.17) is 18.9 Å². The average molecular weight is 480 g/mol. The van der Waals surface area contributed by atoms with Crippen molar-refractivity contribution in [3.8, 4) is 28.7 Å². The van der Waals surface area contributed by atoms with Crippen LogP contribution in [-0.4, -0.2) is 92.1 Å². The molecule has 2 aliphatic heterocycles. The molecule has 7 N–H and O–H groups in total. The molecule has 0 unspecified atom stereocenters. The first-order chi connectivity index (χ1) is 16.2. The van der Waals surface area contributed by atoms with Crippen LogP contribution in [0.4, 0.5) is 0 Å². The Morgan fingerprint density at radius 2 is 1.71 bits per heavy atom. The number of rotatable bonds is 5. The van der Waals surface area contributed by atoms with Gasteiger partial charge in [0.05, 0.1) is 13.7 Å². The second kappa shape index (κ2) is 9.25. The fourth-order valence-electron chi connectivity index (χ4n) is 3.98. The summed E-state index contributed by atoms with van der Waals surface area (Å²) in [4.78, 5) is 13.4. The number of hydrogen-bond acceptors (Lipinski definition) is 12. The lowest BCUT2D eigenvalue weighted by molar-refractivity contribution is -0.311. The number of ether oxygens (including phenoxy) is 4. The van der Waals surface area contributed by atoms with Crippen molar-refractivity contribution in [1.29, 1.82) is 0 Å². The lowest BCUT2D eigenvalue weighted by Crippen LogP contribution is -2.60. The number of aliphatic hydroxyl groups is 4. The maximum atomic E-state index is 13.4. The maximum absolute atomic E-state index is 13.4. The number of ketones is 1. The number of phenolic OH excluding ortho intramolecular Hbond substituents is 3. The van der Waals surface area contributed by atoms with Gasteiger partial charge >= 0.3 is 0 Å². The predicted molar refractivity (Wildman–Crippen MR) is 111 cm³/mol. The van der Waals surface area contributed by atoms with Gasteiger partial charge in [-0.2, -0.15) is 0 Å². The smallest absolute Gasteiger partial charge is 0.203 e. The summed E-state index contributed by atoms with van der Waals surface area (Å²) in [5.74, 6) is -2.01. The van der Waals surface area contributed by atoms with Gasteiger partial charge in [0, 0.05) is 12.1 Å². The molecule has 2 aromatic rings. The van der Waals surface area contributed by atoms with E-state index in [1.165, 1.54) is 25.3 Å². The molecule has 12 nitrogen and oxygen atoms in total. The first-order valence-corrected chi connectivity index (χ1v) is 10.3. The predicted octanol–water partition coefficient (Wildman–Crippen LogP) is -0.687. The van der Waals surface area contributed by atoms with Gasteiger partial charge in [0.15, 0.2) is 30.0 Å². The number of carbonyl (C=O) groups excluding carboxylic acids is 1. The molecule has 0 aliphatic carbocycles. The normalized spacial score (nSPS) is 31.0. The van der Waals surface area contributed by atoms with Crippen LogP contribution in [0, 0.1) is 0 Å². The number of fused-ring (bicyclic) bond motifs is 1. The van der Waals surface area contributed by atoms with E-state index in [1.807, 2.05) is 0 Å². The zero-order valence-corrected chi connectivity index (χ0v) is 17.8. The van der Waals surface area contributed by atoms with E-state index >= 15 is 0 Å². The molecule has 4 rings (SSSR count). The Bertz CT molecular complexity index is 1070. The molecule has 0 saturated carbocycles. The van der Waals surface area contributed by atoms with Crippen LogP contribution in [0.3, 0.4) is 0 Å². The van der Waals surface area contributed by atoms with Gasteiger partial charge in [-0.1, -0.05) is 6.07 Å². The molecule has 2 aromatic carbocycles. The van der Waals surface area contributed by atoms with E-state index in [-0.39, 0.29) is 34.1 Å². The van der Waals surface area contributed by atoms with Gasteiger partial charge in [0.25, 0.3) is 0 Å². The van der Waals surface area contributed by atoms with Crippen molar-refractivity contribution in [2.45, 2.75) is 42.9 Å². The van der Waals surface area contributed by atoms with Gasteiger partial charge in [-0.15, -0.1) is 0 Å². The Balaban J connectivity index is 1.76. The highest BCUT2D eigenvalue weighted by Crippen LogP contribution is 2.44. The van der Waals surface area contributed by atoms with Crippen molar-refractivity contribution in [2.75, 3.05) is 13.7 Å². The zero-order valence-electron chi connectivity index (χ0n) is 17.8. The Morgan fingerprint density at radius 1 is 0.971 bits per heavy atom. The summed E-state index contributed by atoms with van der Waals surface area (Å²) in [5, 5.41) is 69.9. The molecule has 34 heavy (non-hydrogen) atoms. The molecule has 0 bridgehead atoms. The second-order valence-corrected chi connectivity index (χ2v) is 7.93. The number of aliphatic hydroxyl groups excluding tert-OH is 4. The van der Waals surface area contributed by atoms with Crippen molar-refractivity contribution in [3.05, 3.63) is 41.5 Å². The third kappa shape index (κ3) is 4.11. The summed E-state index contributed by atoms with van der Waals surface area (Å²) in [7, 11) is 1.32. The highest BCUT2D eigenvalue weighted by atomic mass is 16.7. The molecule has 0 spiro atoms. The Morgan fingerprint density at radius 3 is 2.38 bits per heavy atom. The molecule has 184 valence electrons. The van der Waals surface area contributed by atoms with Crippen LogP contribution in [0.5, 0.6) is 28.7 Å². The fraction of sp³-hybridized carbons (Fsp3) is 0.409. The Labute approximate surface area is 192 Å². The van der Waals surface area contributed by atoms with Crippen LogP contribution < -0.4 is 9.47 Å². The van der Waals surface area contributed by atoms with Gasteiger partial charge in [-0.3, -0.25) is 4.79 Å². The molecule has 12 heteroatoms. The van der Waals surface area contributed by atoms with Gasteiger partial charge in [-0.05, 0) is 17.7 Å². The van der Waals surface area contributed by atoms with E-state index in [0.29, 0.717) is 0 Å². The molecule has 2 aliphatic rings. The molecule has 1 fully saturated rings. The van der Waals surface area contributed by atoms with Gasteiger partial charge in [0.1, 0.15) is 47.2 Å². The first-order valence-electron chi connectivity index (χ1n) is 10.3. The van der Waals surface area contributed by atoms with Crippen molar-refractivity contribution in [1.82, 2.24) is 0 Å². The molecule has 2 heterocycles. The number of benzene rings is 2. The molecule has 0 amide bonds. The lowest BCUT2D eigenvalue weighted by Gasteiger charge is -2.42. The zero-order chi connectivity index (χ0) is 24.7. The van der Waals surface area contributed by atoms with E-state index in [0.717, 1.165) is 12.1 Å². The van der Waals surface area contributed by atoms with E-state index in [9.17, 15) is 40.5 Å². The highest BCUT2D eigenvalue weighted by Gasteiger charge is 2.49. The lowest BCUT2D eigenvalue weighted by atomic mass is 9.92. The fourth-order valence-corrected chi connectivity index (χ4v) is 3.98. The topological polar surface area (TPSA) is 196 Å². The van der Waals surface area contributed by atoms with Crippen molar-refractivity contribution in [2.24, 2.45) is 0 Å². The molecule has 7 atom stereocenters. The summed E-state index contributed by atoms with van der Waals surface area (Å²) in [6.45, 7) is -0.707. The van der Waals surface area contributed by atoms with Gasteiger partial charge < -0.3 is 54.7 Å². The Hall–Kier alpha value is -3.13. The standard InChI is InChI=1S/C22H24O12/c1-31-12-4-8(2-3-10(12)25)20-21(17(28)15-11(26)5-9(24)6-13(15)32-20)34-22-19(30)18(29)16(27)14(7-23)33-22/h2-6,14,16,18-27,29-30H,7H2,1H3/t14-,16-,18+,19-,20-,21+,22+/m1/s1. The average Bonchev–Trinajstić information content (AvgIpc) is 2.80. The quantitative estimate of drug-likeness (QED) is 0.285. The van der Waals surface area contributed by atoms with Crippen molar-refractivity contribution in [3.63, 3.8) is 0 Å². The summed E-state index contributed by atoms with van der Waals surface area (Å²) < 4.78 is 22.1. The summed E-state index contributed by atoms with van der Waals surface area (Å²) in [5.41, 5.74) is -0.0135. The number of carbonyl (C=O) groups is 1. The molecule has 0 radical (unpaired) electrons. The van der Waals surface area contributed by atoms with Gasteiger partial charge in [-0.25, -0.2) is 0 Å². The Kier molecular flexibility index (Phi) is 6.53. The number of methoxy groups -OCH3 is 1. The maximum Gasteiger partial charge on any atom is 0.203 e. The minimum Gasteiger partial charge on any atom is -0.508 e. The monoisotopic (exact) mass is 480 g/mol. The minimum atomic E-state index is -1.80. The van der Waals surface area contributed by atoms with E-state index < -0.39 is 61.1 Å². The van der Waals surface area contributed by atoms with Crippen LogP contribution in [-0.2, 0) is 9.47 Å². The minimum absolute atomic E-state index is 0.0599. The van der Waals surface area contributed by atoms with Crippen molar-refractivity contribution < 1.29 is 59.5 Å². The second-order valence-electron chi connectivity index (χ2n) is 7.93. The van der Waals surface area contributed by atoms with E-state index in [1.54, 1.807) is 0 Å². The molecule has 1 saturated heterocycles. The molecule has 0 aromatic heterocycles. The summed E-state index contributed by atoms with van der Waals surface area (Å²) in [6, 6.07) is 6.16. The first kappa shape index (κ1) is 24.0. The number of aromatic hydroxyl groups is 3. The summed E-state index contributed by atoms with van der Waals surface area (Å²) in [6.07, 6.45) is -11.0. The highest BCUT2D eigenvalue weighted by molar-refractivity contribution is 6.05. The summed E-state index contributed by atoms with van der Waals surface area (Å²) >= 11 is 0.